The third-order valence-electron chi connectivity index (χ3n) is 6.79. The highest BCUT2D eigenvalue weighted by molar-refractivity contribution is 7.15. The van der Waals surface area contributed by atoms with Gasteiger partial charge in [0.05, 0.1) is 46.7 Å². The molecule has 0 unspecified atom stereocenters. The topological polar surface area (TPSA) is 77.3 Å². The van der Waals surface area contributed by atoms with E-state index in [4.69, 9.17) is 15.0 Å². The summed E-state index contributed by atoms with van der Waals surface area (Å²) in [6, 6.07) is 22.9. The molecule has 6 nitrogen and oxygen atoms in total. The maximum atomic E-state index is 5.02. The van der Waals surface area contributed by atoms with Crippen molar-refractivity contribution in [3.05, 3.63) is 107 Å². The summed E-state index contributed by atoms with van der Waals surface area (Å²) in [5.74, 6) is 0.653. The minimum absolute atomic E-state index is 0.653. The Hall–Kier alpha value is -4.44. The summed E-state index contributed by atoms with van der Waals surface area (Å²) < 4.78 is 0. The molecule has 7 aromatic rings. The Morgan fingerprint density at radius 3 is 1.33 bits per heavy atom. The van der Waals surface area contributed by atoms with Crippen LogP contribution >= 0.6 is 34.0 Å². The summed E-state index contributed by atoms with van der Waals surface area (Å²) in [6.45, 7) is 6.05. The molecule has 0 atom stereocenters. The Bertz CT molecular complexity index is 1760. The standard InChI is InChI=1S/C33H24N6S3/c1-19-34-16-30(40-19)23-6-4-22(5-7-23)28-14-29(27-13-12-26(15-37-27)32-18-36-21(3)42-32)39-33(38-28)25-10-8-24(9-11-25)31-17-35-20(2)41-31/h4-18H,1-3H3. The molecule has 0 aliphatic heterocycles. The zero-order valence-corrected chi connectivity index (χ0v) is 25.5. The first kappa shape index (κ1) is 26.5. The van der Waals surface area contributed by atoms with Gasteiger partial charge in [-0.1, -0.05) is 48.5 Å². The molecule has 0 radical (unpaired) electrons. The second kappa shape index (κ2) is 11.1. The summed E-state index contributed by atoms with van der Waals surface area (Å²) >= 11 is 5.04. The van der Waals surface area contributed by atoms with Gasteiger partial charge in [0.1, 0.15) is 0 Å². The molecular weight excluding hydrogens is 577 g/mol. The maximum Gasteiger partial charge on any atom is 0.160 e. The van der Waals surface area contributed by atoms with Gasteiger partial charge in [0, 0.05) is 41.5 Å². The molecular formula is C33H24N6S3. The molecule has 7 rings (SSSR count). The lowest BCUT2D eigenvalue weighted by molar-refractivity contribution is 1.16. The number of pyridine rings is 1. The minimum atomic E-state index is 0.653. The molecule has 0 bridgehead atoms. The Labute approximate surface area is 255 Å². The number of aryl methyl sites for hydroxylation is 3. The largest absolute Gasteiger partial charge is 0.254 e. The first-order chi connectivity index (χ1) is 20.5. The monoisotopic (exact) mass is 600 g/mol. The summed E-state index contributed by atoms with van der Waals surface area (Å²) in [4.78, 5) is 31.4. The lowest BCUT2D eigenvalue weighted by Crippen LogP contribution is -1.97. The summed E-state index contributed by atoms with van der Waals surface area (Å²) in [6.07, 6.45) is 7.63. The SMILES string of the molecule is Cc1ncc(-c2ccc(-c3cc(-c4ccc(-c5cnc(C)s5)cn4)nc(-c4ccc(-c5cnc(C)s5)cc4)n3)cc2)s1. The average molecular weight is 601 g/mol. The van der Waals surface area contributed by atoms with Crippen LogP contribution in [0.25, 0.3) is 65.4 Å². The predicted octanol–water partition coefficient (Wildman–Crippen LogP) is 9.17. The van der Waals surface area contributed by atoms with E-state index in [9.17, 15) is 0 Å². The molecule has 2 aromatic carbocycles. The Morgan fingerprint density at radius 2 is 0.857 bits per heavy atom. The van der Waals surface area contributed by atoms with Gasteiger partial charge in [0.25, 0.3) is 0 Å². The molecule has 0 N–H and O–H groups in total. The fourth-order valence-corrected chi connectivity index (χ4v) is 6.95. The zero-order valence-electron chi connectivity index (χ0n) is 23.1. The Kier molecular flexibility index (Phi) is 6.99. The first-order valence-electron chi connectivity index (χ1n) is 13.3. The molecule has 5 heterocycles. The predicted molar refractivity (Wildman–Crippen MR) is 174 cm³/mol. The lowest BCUT2D eigenvalue weighted by Gasteiger charge is -2.10. The van der Waals surface area contributed by atoms with Crippen LogP contribution in [0.15, 0.2) is 91.5 Å². The fourth-order valence-electron chi connectivity index (χ4n) is 4.62. The first-order valence-corrected chi connectivity index (χ1v) is 15.8. The third-order valence-corrected chi connectivity index (χ3v) is 9.68. The van der Waals surface area contributed by atoms with E-state index in [0.717, 1.165) is 74.6 Å². The van der Waals surface area contributed by atoms with Crippen molar-refractivity contribution in [2.45, 2.75) is 20.8 Å². The quantitative estimate of drug-likeness (QED) is 0.189. The second-order valence-electron chi connectivity index (χ2n) is 9.78. The maximum absolute atomic E-state index is 5.02. The number of rotatable bonds is 6. The van der Waals surface area contributed by atoms with Gasteiger partial charge in [-0.25, -0.2) is 24.9 Å². The number of aromatic nitrogens is 6. The van der Waals surface area contributed by atoms with Crippen LogP contribution in [-0.2, 0) is 0 Å². The number of nitrogens with zero attached hydrogens (tertiary/aromatic N) is 6. The van der Waals surface area contributed by atoms with E-state index in [0.29, 0.717) is 5.82 Å². The van der Waals surface area contributed by atoms with Crippen molar-refractivity contribution in [3.8, 4) is 65.4 Å². The highest BCUT2D eigenvalue weighted by Gasteiger charge is 2.14. The van der Waals surface area contributed by atoms with Crippen molar-refractivity contribution < 1.29 is 0 Å². The highest BCUT2D eigenvalue weighted by Crippen LogP contribution is 2.33. The van der Waals surface area contributed by atoms with Crippen LogP contribution in [0, 0.1) is 20.8 Å². The van der Waals surface area contributed by atoms with E-state index in [1.165, 1.54) is 0 Å². The summed E-state index contributed by atoms with van der Waals surface area (Å²) in [7, 11) is 0. The van der Waals surface area contributed by atoms with Gasteiger partial charge in [0.15, 0.2) is 5.82 Å². The van der Waals surface area contributed by atoms with Gasteiger partial charge in [0.2, 0.25) is 0 Å². The fraction of sp³-hybridized carbons (Fsp3) is 0.0909. The smallest absolute Gasteiger partial charge is 0.160 e. The summed E-state index contributed by atoms with van der Waals surface area (Å²) in [5.41, 5.74) is 7.67. The molecule has 9 heteroatoms. The molecule has 42 heavy (non-hydrogen) atoms. The van der Waals surface area contributed by atoms with Crippen molar-refractivity contribution in [2.75, 3.05) is 0 Å². The Morgan fingerprint density at radius 1 is 0.405 bits per heavy atom. The van der Waals surface area contributed by atoms with Gasteiger partial charge >= 0.3 is 0 Å². The highest BCUT2D eigenvalue weighted by atomic mass is 32.1. The molecule has 0 saturated heterocycles. The molecule has 0 fully saturated rings. The number of benzene rings is 2. The van der Waals surface area contributed by atoms with Crippen LogP contribution in [0.1, 0.15) is 15.0 Å². The molecule has 0 aliphatic carbocycles. The van der Waals surface area contributed by atoms with E-state index in [2.05, 4.69) is 69.5 Å². The van der Waals surface area contributed by atoms with Gasteiger partial charge in [-0.05, 0) is 50.1 Å². The van der Waals surface area contributed by atoms with E-state index in [1.807, 2.05) is 57.7 Å². The third kappa shape index (κ3) is 5.42. The van der Waals surface area contributed by atoms with Crippen molar-refractivity contribution in [2.24, 2.45) is 0 Å². The normalized spacial score (nSPS) is 11.2. The average Bonchev–Trinajstić information content (AvgIpc) is 3.78. The van der Waals surface area contributed by atoms with Crippen LogP contribution in [0.2, 0.25) is 0 Å². The molecule has 0 amide bonds. The van der Waals surface area contributed by atoms with Crippen LogP contribution < -0.4 is 0 Å². The van der Waals surface area contributed by atoms with Crippen molar-refractivity contribution in [1.29, 1.82) is 0 Å². The van der Waals surface area contributed by atoms with E-state index >= 15 is 0 Å². The molecule has 0 spiro atoms. The number of hydrogen-bond donors (Lipinski definition) is 0. The van der Waals surface area contributed by atoms with Gasteiger partial charge in [-0.15, -0.1) is 34.0 Å². The molecule has 5 aromatic heterocycles. The zero-order chi connectivity index (χ0) is 28.6. The van der Waals surface area contributed by atoms with Crippen LogP contribution in [0.5, 0.6) is 0 Å². The summed E-state index contributed by atoms with van der Waals surface area (Å²) in [5, 5.41) is 3.14. The van der Waals surface area contributed by atoms with E-state index < -0.39 is 0 Å². The number of hydrogen-bond acceptors (Lipinski definition) is 9. The second-order valence-corrected chi connectivity index (χ2v) is 13.5. The molecule has 204 valence electrons. The molecule has 0 aliphatic rings. The van der Waals surface area contributed by atoms with Crippen molar-refractivity contribution in [3.63, 3.8) is 0 Å². The minimum Gasteiger partial charge on any atom is -0.254 e. The lowest BCUT2D eigenvalue weighted by atomic mass is 10.1. The van der Waals surface area contributed by atoms with Crippen molar-refractivity contribution in [1.82, 2.24) is 29.9 Å². The van der Waals surface area contributed by atoms with Gasteiger partial charge in [-0.2, -0.15) is 0 Å². The van der Waals surface area contributed by atoms with Gasteiger partial charge in [-0.3, -0.25) is 4.98 Å². The van der Waals surface area contributed by atoms with Gasteiger partial charge < -0.3 is 0 Å². The van der Waals surface area contributed by atoms with Crippen LogP contribution in [0.4, 0.5) is 0 Å². The molecule has 0 saturated carbocycles. The van der Waals surface area contributed by atoms with E-state index in [1.54, 1.807) is 34.0 Å². The Balaban J connectivity index is 1.28. The van der Waals surface area contributed by atoms with Crippen molar-refractivity contribution >= 4 is 34.0 Å². The van der Waals surface area contributed by atoms with Crippen LogP contribution in [-0.4, -0.2) is 29.9 Å². The van der Waals surface area contributed by atoms with Crippen LogP contribution in [0.3, 0.4) is 0 Å². The number of thiazole rings is 3. The van der Waals surface area contributed by atoms with E-state index in [-0.39, 0.29) is 0 Å².